The van der Waals surface area contributed by atoms with Crippen molar-refractivity contribution in [2.24, 2.45) is 5.73 Å². The van der Waals surface area contributed by atoms with Crippen molar-refractivity contribution in [3.8, 4) is 23.2 Å². The molecule has 1 aliphatic rings. The highest BCUT2D eigenvalue weighted by Crippen LogP contribution is 2.45. The Morgan fingerprint density at radius 2 is 2.04 bits per heavy atom. The number of hydrogen-bond acceptors (Lipinski definition) is 5. The van der Waals surface area contributed by atoms with Gasteiger partial charge in [-0.25, -0.2) is 0 Å². The van der Waals surface area contributed by atoms with Crippen LogP contribution in [0, 0.1) is 11.3 Å². The van der Waals surface area contributed by atoms with E-state index < -0.39 is 0 Å². The highest BCUT2D eigenvalue weighted by atomic mass is 79.9. The number of rotatable bonds is 2. The molecule has 1 atom stereocenters. The number of nitrogens with one attached hydrogen (secondary N) is 1. The quantitative estimate of drug-likeness (QED) is 0.694. The zero-order valence-electron chi connectivity index (χ0n) is 12.9. The molecule has 6 nitrogen and oxygen atoms in total. The van der Waals surface area contributed by atoms with Crippen molar-refractivity contribution >= 4 is 15.9 Å². The number of fused-ring (bicyclic) bond motifs is 1. The van der Waals surface area contributed by atoms with Crippen molar-refractivity contribution in [2.45, 2.75) is 5.92 Å². The Bertz CT molecular complexity index is 1000. The number of nitriles is 1. The summed E-state index contributed by atoms with van der Waals surface area (Å²) in [6.07, 6.45) is 3.41. The number of benzene rings is 1. The number of hydrogen-bond donors (Lipinski definition) is 2. The second kappa shape index (κ2) is 6.07. The molecule has 0 aliphatic carbocycles. The summed E-state index contributed by atoms with van der Waals surface area (Å²) < 4.78 is 6.55. The van der Waals surface area contributed by atoms with Crippen molar-refractivity contribution in [3.63, 3.8) is 0 Å². The van der Waals surface area contributed by atoms with E-state index in [0.717, 1.165) is 26.9 Å². The maximum atomic E-state index is 9.63. The Kier molecular flexibility index (Phi) is 3.75. The first-order valence-corrected chi connectivity index (χ1v) is 8.30. The molecule has 1 aliphatic heterocycles. The molecule has 25 heavy (non-hydrogen) atoms. The fourth-order valence-corrected chi connectivity index (χ4v) is 3.23. The lowest BCUT2D eigenvalue weighted by atomic mass is 9.84. The number of aromatic nitrogens is 3. The van der Waals surface area contributed by atoms with Crippen LogP contribution in [0.5, 0.6) is 5.88 Å². The van der Waals surface area contributed by atoms with Crippen LogP contribution in [-0.4, -0.2) is 15.2 Å². The van der Waals surface area contributed by atoms with Crippen LogP contribution in [0.3, 0.4) is 0 Å². The molecular weight excluding hydrogens is 382 g/mol. The topological polar surface area (TPSA) is 101 Å². The van der Waals surface area contributed by atoms with Gasteiger partial charge in [-0.15, -0.1) is 5.10 Å². The van der Waals surface area contributed by atoms with Crippen LogP contribution >= 0.6 is 15.9 Å². The maximum absolute atomic E-state index is 9.63. The summed E-state index contributed by atoms with van der Waals surface area (Å²) in [7, 11) is 0. The lowest BCUT2D eigenvalue weighted by Gasteiger charge is -2.23. The normalized spacial score (nSPS) is 16.1. The van der Waals surface area contributed by atoms with Crippen molar-refractivity contribution < 1.29 is 4.74 Å². The summed E-state index contributed by atoms with van der Waals surface area (Å²) in [6, 6.07) is 13.7. The molecule has 4 rings (SSSR count). The molecule has 0 fully saturated rings. The first-order chi connectivity index (χ1) is 12.2. The molecular formula is C18H12BrN5O. The number of H-pyrrole nitrogens is 1. The van der Waals surface area contributed by atoms with E-state index in [2.05, 4.69) is 37.2 Å². The van der Waals surface area contributed by atoms with Crippen LogP contribution in [-0.2, 0) is 0 Å². The molecule has 0 amide bonds. The van der Waals surface area contributed by atoms with Gasteiger partial charge >= 0.3 is 0 Å². The Morgan fingerprint density at radius 1 is 1.24 bits per heavy atom. The van der Waals surface area contributed by atoms with Gasteiger partial charge in [-0.2, -0.15) is 5.26 Å². The van der Waals surface area contributed by atoms with Gasteiger partial charge in [0.2, 0.25) is 11.8 Å². The summed E-state index contributed by atoms with van der Waals surface area (Å²) in [5.41, 5.74) is 9.66. The summed E-state index contributed by atoms with van der Waals surface area (Å²) >= 11 is 3.44. The van der Waals surface area contributed by atoms with E-state index in [1.165, 1.54) is 0 Å². The smallest absolute Gasteiger partial charge is 0.244 e. The van der Waals surface area contributed by atoms with Gasteiger partial charge in [-0.3, -0.25) is 10.1 Å². The van der Waals surface area contributed by atoms with Gasteiger partial charge in [-0.1, -0.05) is 34.1 Å². The van der Waals surface area contributed by atoms with Gasteiger partial charge in [0.25, 0.3) is 0 Å². The maximum Gasteiger partial charge on any atom is 0.244 e. The Morgan fingerprint density at radius 3 is 2.72 bits per heavy atom. The van der Waals surface area contributed by atoms with Crippen molar-refractivity contribution in [3.05, 3.63) is 75.8 Å². The van der Waals surface area contributed by atoms with Gasteiger partial charge < -0.3 is 10.5 Å². The number of nitrogens with two attached hydrogens (primary N) is 1. The van der Waals surface area contributed by atoms with Crippen LogP contribution in [0.4, 0.5) is 0 Å². The standard InChI is InChI=1S/C18H12BrN5O/c19-12-5-3-10(4-6-12)16-15-14(11-2-1-7-22-9-11)13(8-20)17(21)25-18(15)24-23-16/h1-7,9,14H,21H2,(H,23,24). The molecule has 3 aromatic rings. The minimum Gasteiger partial charge on any atom is -0.420 e. The second-order valence-corrected chi connectivity index (χ2v) is 6.45. The third kappa shape index (κ3) is 2.57. The number of allylic oxidation sites excluding steroid dienone is 1. The Labute approximate surface area is 152 Å². The van der Waals surface area contributed by atoms with E-state index in [1.54, 1.807) is 12.4 Å². The van der Waals surface area contributed by atoms with Gasteiger partial charge in [0.1, 0.15) is 11.6 Å². The van der Waals surface area contributed by atoms with E-state index >= 15 is 0 Å². The largest absolute Gasteiger partial charge is 0.420 e. The minimum atomic E-state index is -0.389. The zero-order valence-corrected chi connectivity index (χ0v) is 14.5. The highest BCUT2D eigenvalue weighted by molar-refractivity contribution is 9.10. The van der Waals surface area contributed by atoms with Crippen LogP contribution in [0.1, 0.15) is 17.0 Å². The summed E-state index contributed by atoms with van der Waals surface area (Å²) in [6.45, 7) is 0. The van der Waals surface area contributed by atoms with Gasteiger partial charge in [0.15, 0.2) is 0 Å². The van der Waals surface area contributed by atoms with E-state index in [9.17, 15) is 5.26 Å². The molecule has 0 spiro atoms. The lowest BCUT2D eigenvalue weighted by molar-refractivity contribution is 0.379. The number of ether oxygens (including phenoxy) is 1. The van der Waals surface area contributed by atoms with Crippen LogP contribution < -0.4 is 10.5 Å². The van der Waals surface area contributed by atoms with E-state index in [-0.39, 0.29) is 11.8 Å². The average molecular weight is 394 g/mol. The van der Waals surface area contributed by atoms with Gasteiger partial charge in [-0.05, 0) is 23.8 Å². The Balaban J connectivity index is 1.94. The molecule has 2 aromatic heterocycles. The fourth-order valence-electron chi connectivity index (χ4n) is 2.96. The van der Waals surface area contributed by atoms with Crippen molar-refractivity contribution in [2.75, 3.05) is 0 Å². The van der Waals surface area contributed by atoms with Gasteiger partial charge in [0.05, 0.1) is 17.2 Å². The van der Waals surface area contributed by atoms with Gasteiger partial charge in [0, 0.05) is 22.4 Å². The third-order valence-corrected chi connectivity index (χ3v) is 4.62. The molecule has 1 unspecified atom stereocenters. The number of aromatic amines is 1. The summed E-state index contributed by atoms with van der Waals surface area (Å²) in [4.78, 5) is 4.17. The number of nitrogens with zero attached hydrogens (tertiary/aromatic N) is 3. The fraction of sp³-hybridized carbons (Fsp3) is 0.0556. The van der Waals surface area contributed by atoms with E-state index in [1.807, 2.05) is 36.4 Å². The lowest BCUT2D eigenvalue weighted by Crippen LogP contribution is -2.21. The molecule has 0 radical (unpaired) electrons. The SMILES string of the molecule is N#CC1=C(N)Oc2n[nH]c(-c3ccc(Br)cc3)c2C1c1cccnc1. The molecule has 3 heterocycles. The number of halogens is 1. The van der Waals surface area contributed by atoms with Crippen LogP contribution in [0.25, 0.3) is 11.3 Å². The predicted octanol–water partition coefficient (Wildman–Crippen LogP) is 3.45. The molecule has 1 aromatic carbocycles. The van der Waals surface area contributed by atoms with E-state index in [0.29, 0.717) is 11.5 Å². The third-order valence-electron chi connectivity index (χ3n) is 4.09. The monoisotopic (exact) mass is 393 g/mol. The molecule has 0 bridgehead atoms. The second-order valence-electron chi connectivity index (χ2n) is 5.54. The average Bonchev–Trinajstić information content (AvgIpc) is 3.05. The summed E-state index contributed by atoms with van der Waals surface area (Å²) in [5, 5.41) is 16.9. The van der Waals surface area contributed by atoms with Crippen LogP contribution in [0.2, 0.25) is 0 Å². The molecule has 0 saturated heterocycles. The minimum absolute atomic E-state index is 0.0673. The molecule has 122 valence electrons. The Hall–Kier alpha value is -3.11. The van der Waals surface area contributed by atoms with Crippen LogP contribution in [0.15, 0.2) is 64.7 Å². The predicted molar refractivity (Wildman–Crippen MR) is 95.3 cm³/mol. The summed E-state index contributed by atoms with van der Waals surface area (Å²) in [5.74, 6) is 0.0563. The first-order valence-electron chi connectivity index (χ1n) is 7.50. The van der Waals surface area contributed by atoms with E-state index in [4.69, 9.17) is 10.5 Å². The van der Waals surface area contributed by atoms with Crippen molar-refractivity contribution in [1.82, 2.24) is 15.2 Å². The first kappa shape index (κ1) is 15.4. The van der Waals surface area contributed by atoms with Crippen molar-refractivity contribution in [1.29, 1.82) is 5.26 Å². The molecule has 7 heteroatoms. The zero-order chi connectivity index (χ0) is 17.4. The molecule has 0 saturated carbocycles. The number of pyridine rings is 1. The highest BCUT2D eigenvalue weighted by Gasteiger charge is 2.35. The molecule has 3 N–H and O–H groups in total.